The number of alkyl carbamates (subject to hydrolysis) is 2. The van der Waals surface area contributed by atoms with Crippen molar-refractivity contribution in [1.82, 2.24) is 40.4 Å². The van der Waals surface area contributed by atoms with E-state index in [1.54, 1.807) is 0 Å². The number of aromatic nitrogens is 4. The lowest BCUT2D eigenvalue weighted by molar-refractivity contribution is -0.136. The second-order valence-electron chi connectivity index (χ2n) is 16.6. The Labute approximate surface area is 333 Å². The Kier molecular flexibility index (Phi) is 10.9. The van der Waals surface area contributed by atoms with Gasteiger partial charge in [-0.1, -0.05) is 65.8 Å². The highest BCUT2D eigenvalue weighted by Crippen LogP contribution is 2.50. The van der Waals surface area contributed by atoms with Gasteiger partial charge in [0.15, 0.2) is 0 Å². The SMILES string of the molecule is COC(=O)NC(C(=O)N1CCCC1c1ncc(-c2ccc3c(c2)C(C)(C)c2cc(-c4cnc(C5CCCN5C(=O)C(NC(=O)OC)C(C)C)[nH]4)ccc2-3)[nH]1)C(C)C. The first kappa shape index (κ1) is 39.6. The van der Waals surface area contributed by atoms with E-state index in [2.05, 4.69) is 70.8 Å². The molecule has 2 aromatic heterocycles. The number of amides is 4. The Morgan fingerprint density at radius 2 is 1.11 bits per heavy atom. The summed E-state index contributed by atoms with van der Waals surface area (Å²) in [6.07, 6.45) is 5.67. The molecule has 4 atom stereocenters. The van der Waals surface area contributed by atoms with E-state index < -0.39 is 24.3 Å². The van der Waals surface area contributed by atoms with Crippen LogP contribution in [0.25, 0.3) is 33.6 Å². The average molecular weight is 779 g/mol. The van der Waals surface area contributed by atoms with Crippen molar-refractivity contribution < 1.29 is 28.7 Å². The van der Waals surface area contributed by atoms with Gasteiger partial charge in [-0.2, -0.15) is 0 Å². The van der Waals surface area contributed by atoms with E-state index in [1.807, 2.05) is 49.9 Å². The molecular formula is C43H54N8O6. The van der Waals surface area contributed by atoms with Gasteiger partial charge in [0, 0.05) is 18.5 Å². The summed E-state index contributed by atoms with van der Waals surface area (Å²) in [7, 11) is 2.59. The quantitative estimate of drug-likeness (QED) is 0.135. The smallest absolute Gasteiger partial charge is 0.407 e. The summed E-state index contributed by atoms with van der Waals surface area (Å²) in [6, 6.07) is 11.2. The lowest BCUT2D eigenvalue weighted by atomic mass is 9.81. The molecule has 0 radical (unpaired) electrons. The number of hydrogen-bond acceptors (Lipinski definition) is 8. The minimum Gasteiger partial charge on any atom is -0.453 e. The number of hydrogen-bond donors (Lipinski definition) is 4. The van der Waals surface area contributed by atoms with Crippen molar-refractivity contribution in [2.75, 3.05) is 27.3 Å². The number of carbonyl (C=O) groups excluding carboxylic acids is 4. The molecule has 0 spiro atoms. The van der Waals surface area contributed by atoms with E-state index in [4.69, 9.17) is 19.4 Å². The molecule has 3 aliphatic rings. The number of H-pyrrole nitrogens is 2. The van der Waals surface area contributed by atoms with Crippen molar-refractivity contribution in [3.05, 3.63) is 71.6 Å². The van der Waals surface area contributed by atoms with Gasteiger partial charge in [-0.05, 0) is 83.0 Å². The first-order chi connectivity index (χ1) is 27.2. The van der Waals surface area contributed by atoms with Gasteiger partial charge in [0.25, 0.3) is 0 Å². The molecule has 0 saturated carbocycles. The summed E-state index contributed by atoms with van der Waals surface area (Å²) >= 11 is 0. The molecule has 302 valence electrons. The van der Waals surface area contributed by atoms with Gasteiger partial charge in [-0.3, -0.25) is 9.59 Å². The third-order valence-electron chi connectivity index (χ3n) is 12.0. The predicted molar refractivity (Wildman–Crippen MR) is 215 cm³/mol. The number of rotatable bonds is 10. The minimum atomic E-state index is -0.696. The topological polar surface area (TPSA) is 175 Å². The van der Waals surface area contributed by atoms with Gasteiger partial charge in [0.2, 0.25) is 11.8 Å². The van der Waals surface area contributed by atoms with Crippen molar-refractivity contribution in [2.24, 2.45) is 11.8 Å². The number of fused-ring (bicyclic) bond motifs is 3. The maximum Gasteiger partial charge on any atom is 0.407 e. The Morgan fingerprint density at radius 1 is 0.702 bits per heavy atom. The summed E-state index contributed by atoms with van der Waals surface area (Å²) < 4.78 is 9.57. The number of nitrogens with zero attached hydrogens (tertiary/aromatic N) is 4. The molecule has 14 nitrogen and oxygen atoms in total. The molecule has 57 heavy (non-hydrogen) atoms. The number of benzene rings is 2. The number of imidazole rings is 2. The van der Waals surface area contributed by atoms with E-state index in [-0.39, 0.29) is 41.1 Å². The molecule has 4 unspecified atom stereocenters. The van der Waals surface area contributed by atoms with Crippen LogP contribution in [0.3, 0.4) is 0 Å². The number of methoxy groups -OCH3 is 2. The van der Waals surface area contributed by atoms with Gasteiger partial charge >= 0.3 is 12.2 Å². The van der Waals surface area contributed by atoms with Crippen molar-refractivity contribution in [3.8, 4) is 33.6 Å². The molecule has 0 bridgehead atoms. The predicted octanol–water partition coefficient (Wildman–Crippen LogP) is 6.86. The molecule has 2 aromatic carbocycles. The third-order valence-corrected chi connectivity index (χ3v) is 12.0. The number of ether oxygens (including phenoxy) is 2. The maximum absolute atomic E-state index is 13.7. The van der Waals surface area contributed by atoms with Crippen molar-refractivity contribution in [3.63, 3.8) is 0 Å². The summed E-state index contributed by atoms with van der Waals surface area (Å²) in [4.78, 5) is 71.6. The highest BCUT2D eigenvalue weighted by molar-refractivity contribution is 5.88. The third kappa shape index (κ3) is 7.37. The largest absolute Gasteiger partial charge is 0.453 e. The van der Waals surface area contributed by atoms with Crippen LogP contribution in [0.15, 0.2) is 48.8 Å². The molecule has 4 N–H and O–H groups in total. The zero-order valence-electron chi connectivity index (χ0n) is 34.1. The summed E-state index contributed by atoms with van der Waals surface area (Å²) in [5.74, 6) is 0.951. The van der Waals surface area contributed by atoms with Crippen LogP contribution in [0.1, 0.15) is 102 Å². The molecule has 2 aliphatic heterocycles. The molecule has 2 saturated heterocycles. The fraction of sp³-hybridized carbons (Fsp3) is 0.488. The van der Waals surface area contributed by atoms with E-state index in [1.165, 1.54) is 36.5 Å². The van der Waals surface area contributed by atoms with Crippen LogP contribution in [0.4, 0.5) is 9.59 Å². The Morgan fingerprint density at radius 3 is 1.47 bits per heavy atom. The molecule has 14 heteroatoms. The van der Waals surface area contributed by atoms with Gasteiger partial charge in [0.1, 0.15) is 23.7 Å². The molecular weight excluding hydrogens is 725 g/mol. The molecule has 7 rings (SSSR count). The monoisotopic (exact) mass is 778 g/mol. The summed E-state index contributed by atoms with van der Waals surface area (Å²) in [5.41, 5.74) is 8.24. The summed E-state index contributed by atoms with van der Waals surface area (Å²) in [6.45, 7) is 13.3. The van der Waals surface area contributed by atoms with Crippen LogP contribution < -0.4 is 10.6 Å². The molecule has 4 heterocycles. The van der Waals surface area contributed by atoms with Crippen LogP contribution in [0.2, 0.25) is 0 Å². The maximum atomic E-state index is 13.7. The first-order valence-corrected chi connectivity index (χ1v) is 19.9. The molecule has 2 fully saturated rings. The highest BCUT2D eigenvalue weighted by atomic mass is 16.5. The van der Waals surface area contributed by atoms with Crippen molar-refractivity contribution >= 4 is 24.0 Å². The Hall–Kier alpha value is -5.66. The lowest BCUT2D eigenvalue weighted by Gasteiger charge is -2.30. The van der Waals surface area contributed by atoms with Crippen LogP contribution in [0, 0.1) is 11.8 Å². The molecule has 4 aromatic rings. The summed E-state index contributed by atoms with van der Waals surface area (Å²) in [5, 5.41) is 5.43. The second-order valence-corrected chi connectivity index (χ2v) is 16.6. The fourth-order valence-electron chi connectivity index (χ4n) is 8.76. The Bertz CT molecular complexity index is 2020. The van der Waals surface area contributed by atoms with Crippen LogP contribution in [0.5, 0.6) is 0 Å². The van der Waals surface area contributed by atoms with Gasteiger partial charge in [-0.25, -0.2) is 19.6 Å². The zero-order chi connectivity index (χ0) is 40.8. The first-order valence-electron chi connectivity index (χ1n) is 19.9. The lowest BCUT2D eigenvalue weighted by Crippen LogP contribution is -2.51. The van der Waals surface area contributed by atoms with Crippen LogP contribution in [-0.4, -0.2) is 93.1 Å². The fourth-order valence-corrected chi connectivity index (χ4v) is 8.76. The van der Waals surface area contributed by atoms with E-state index in [0.29, 0.717) is 13.1 Å². The van der Waals surface area contributed by atoms with Crippen LogP contribution >= 0.6 is 0 Å². The average Bonchev–Trinajstić information content (AvgIpc) is 4.05. The van der Waals surface area contributed by atoms with E-state index in [0.717, 1.165) is 59.8 Å². The molecule has 1 aliphatic carbocycles. The van der Waals surface area contributed by atoms with Crippen LogP contribution in [-0.2, 0) is 24.5 Å². The van der Waals surface area contributed by atoms with Crippen molar-refractivity contribution in [2.45, 2.75) is 96.8 Å². The minimum absolute atomic E-state index is 0.112. The zero-order valence-corrected chi connectivity index (χ0v) is 34.1. The van der Waals surface area contributed by atoms with Crippen molar-refractivity contribution in [1.29, 1.82) is 0 Å². The number of nitrogens with one attached hydrogen (secondary N) is 4. The molecule has 4 amide bonds. The normalized spacial score (nSPS) is 19.3. The standard InChI is InChI=1S/C43H54N8O6/c1-23(2)35(48-41(54)56-7)39(52)50-17-9-11-33(50)37-44-21-31(46-37)25-13-15-27-28-16-14-26(20-30(28)43(5,6)29(27)19-25)32-22-45-38(47-32)34-12-10-18-51(34)40(53)36(24(3)4)49-42(55)57-8/h13-16,19-24,33-36H,9-12,17-18H2,1-8H3,(H,44,46)(H,45,47)(H,48,54)(H,49,55). The Balaban J connectivity index is 1.09. The van der Waals surface area contributed by atoms with Gasteiger partial charge < -0.3 is 39.9 Å². The number of likely N-dealkylation sites (tertiary alicyclic amines) is 2. The highest BCUT2D eigenvalue weighted by Gasteiger charge is 2.40. The number of carbonyl (C=O) groups is 4. The number of aromatic amines is 2. The van der Waals surface area contributed by atoms with Gasteiger partial charge in [0.05, 0.1) is 50.1 Å². The second kappa shape index (κ2) is 15.7. The van der Waals surface area contributed by atoms with Gasteiger partial charge in [-0.15, -0.1) is 0 Å². The van der Waals surface area contributed by atoms with E-state index >= 15 is 0 Å². The van der Waals surface area contributed by atoms with E-state index in [9.17, 15) is 19.2 Å².